The smallest absolute Gasteiger partial charge is 0.337 e. The molecule has 2 aromatic carbocycles. The van der Waals surface area contributed by atoms with E-state index in [9.17, 15) is 14.7 Å². The highest BCUT2D eigenvalue weighted by molar-refractivity contribution is 5.90. The molecule has 31 heavy (non-hydrogen) atoms. The quantitative estimate of drug-likeness (QED) is 0.468. The molecule has 0 fully saturated rings. The van der Waals surface area contributed by atoms with Crippen molar-refractivity contribution < 1.29 is 43.1 Å². The van der Waals surface area contributed by atoms with Crippen molar-refractivity contribution in [3.63, 3.8) is 0 Å². The third-order valence-corrected chi connectivity index (χ3v) is 3.94. The van der Waals surface area contributed by atoms with E-state index in [2.05, 4.69) is 9.47 Å². The zero-order chi connectivity index (χ0) is 23.2. The molecule has 0 heterocycles. The van der Waals surface area contributed by atoms with Gasteiger partial charge in [-0.1, -0.05) is 0 Å². The Morgan fingerprint density at radius 2 is 1.29 bits per heavy atom. The number of rotatable bonds is 9. The largest absolute Gasteiger partial charge is 0.504 e. The number of phenolic OH excluding ortho intramolecular Hbond substituents is 1. The fraction of sp³-hybridized carbons (Fsp3) is 0.364. The molecular formula is C22H28O9. The van der Waals surface area contributed by atoms with Gasteiger partial charge in [0.05, 0.1) is 46.2 Å². The van der Waals surface area contributed by atoms with Crippen molar-refractivity contribution in [3.8, 4) is 23.0 Å². The van der Waals surface area contributed by atoms with Crippen LogP contribution >= 0.6 is 0 Å². The van der Waals surface area contributed by atoms with E-state index in [0.717, 1.165) is 6.42 Å². The number of hydrogen-bond donors (Lipinski definition) is 1. The maximum atomic E-state index is 11.4. The van der Waals surface area contributed by atoms with Gasteiger partial charge in [0.2, 0.25) is 0 Å². The van der Waals surface area contributed by atoms with Gasteiger partial charge in [-0.3, -0.25) is 0 Å². The number of phenols is 1. The zero-order valence-corrected chi connectivity index (χ0v) is 18.3. The average Bonchev–Trinajstić information content (AvgIpc) is 2.80. The standard InChI is InChI=1S/C13H18O5.C9H10O4/c1-15-7-4-8-18-12-9-10(13(14)17-3)5-6-11(12)16-2;1-12-8-4-3-6(5-7(8)10)9(11)13-2/h5-6,9H,4,7-8H2,1-3H3;3-5,10H,1-2H3. The minimum Gasteiger partial charge on any atom is -0.504 e. The van der Waals surface area contributed by atoms with Gasteiger partial charge < -0.3 is 33.5 Å². The summed E-state index contributed by atoms with van der Waals surface area (Å²) in [4.78, 5) is 22.4. The molecule has 0 amide bonds. The Labute approximate surface area is 181 Å². The fourth-order valence-corrected chi connectivity index (χ4v) is 2.35. The van der Waals surface area contributed by atoms with Crippen molar-refractivity contribution in [1.82, 2.24) is 0 Å². The summed E-state index contributed by atoms with van der Waals surface area (Å²) in [5.41, 5.74) is 0.723. The Hall–Kier alpha value is -3.46. The first-order valence-corrected chi connectivity index (χ1v) is 9.25. The van der Waals surface area contributed by atoms with Gasteiger partial charge in [-0.15, -0.1) is 0 Å². The second-order valence-electron chi connectivity index (χ2n) is 5.93. The predicted molar refractivity (Wildman–Crippen MR) is 112 cm³/mol. The molecule has 0 spiro atoms. The second-order valence-corrected chi connectivity index (χ2v) is 5.93. The highest BCUT2D eigenvalue weighted by Crippen LogP contribution is 2.28. The molecule has 0 unspecified atom stereocenters. The van der Waals surface area contributed by atoms with E-state index in [0.29, 0.717) is 41.6 Å². The second kappa shape index (κ2) is 13.7. The van der Waals surface area contributed by atoms with Crippen LogP contribution in [0.15, 0.2) is 36.4 Å². The molecule has 0 radical (unpaired) electrons. The van der Waals surface area contributed by atoms with Gasteiger partial charge in [-0.25, -0.2) is 9.59 Å². The molecule has 1 N–H and O–H groups in total. The van der Waals surface area contributed by atoms with Gasteiger partial charge in [0.1, 0.15) is 0 Å². The maximum Gasteiger partial charge on any atom is 0.337 e. The third kappa shape index (κ3) is 8.06. The third-order valence-electron chi connectivity index (χ3n) is 3.94. The monoisotopic (exact) mass is 436 g/mol. The van der Waals surface area contributed by atoms with Crippen molar-refractivity contribution in [1.29, 1.82) is 0 Å². The molecule has 0 aliphatic heterocycles. The Balaban J connectivity index is 0.000000327. The molecule has 0 saturated carbocycles. The molecule has 0 aliphatic carbocycles. The van der Waals surface area contributed by atoms with Crippen LogP contribution in [-0.4, -0.2) is 65.8 Å². The topological polar surface area (TPSA) is 110 Å². The molecule has 2 rings (SSSR count). The fourth-order valence-electron chi connectivity index (χ4n) is 2.35. The average molecular weight is 436 g/mol. The van der Waals surface area contributed by atoms with Crippen LogP contribution in [0.25, 0.3) is 0 Å². The van der Waals surface area contributed by atoms with Crippen LogP contribution in [0.4, 0.5) is 0 Å². The molecule has 0 atom stereocenters. The predicted octanol–water partition coefficient (Wildman–Crippen LogP) is 3.08. The molecule has 0 bridgehead atoms. The summed E-state index contributed by atoms with van der Waals surface area (Å²) in [7, 11) is 7.25. The van der Waals surface area contributed by atoms with Gasteiger partial charge >= 0.3 is 11.9 Å². The van der Waals surface area contributed by atoms with Gasteiger partial charge in [0.15, 0.2) is 23.0 Å². The van der Waals surface area contributed by atoms with Crippen LogP contribution in [0, 0.1) is 0 Å². The summed E-state index contributed by atoms with van der Waals surface area (Å²) in [5.74, 6) is 0.465. The number of methoxy groups -OCH3 is 5. The van der Waals surface area contributed by atoms with E-state index in [1.807, 2.05) is 0 Å². The van der Waals surface area contributed by atoms with Crippen molar-refractivity contribution in [3.05, 3.63) is 47.5 Å². The van der Waals surface area contributed by atoms with Crippen LogP contribution in [0.3, 0.4) is 0 Å². The summed E-state index contributed by atoms with van der Waals surface area (Å²) in [5, 5.41) is 9.30. The number of esters is 2. The lowest BCUT2D eigenvalue weighted by atomic mass is 10.2. The molecule has 9 heteroatoms. The molecule has 0 aromatic heterocycles. The van der Waals surface area contributed by atoms with E-state index in [1.165, 1.54) is 39.5 Å². The van der Waals surface area contributed by atoms with Gasteiger partial charge in [-0.05, 0) is 36.4 Å². The summed E-state index contributed by atoms with van der Waals surface area (Å²) >= 11 is 0. The molecule has 0 aliphatic rings. The number of carbonyl (C=O) groups is 2. The van der Waals surface area contributed by atoms with E-state index in [1.54, 1.807) is 32.4 Å². The van der Waals surface area contributed by atoms with Gasteiger partial charge in [-0.2, -0.15) is 0 Å². The minimum absolute atomic E-state index is 0.0783. The van der Waals surface area contributed by atoms with Crippen LogP contribution < -0.4 is 14.2 Å². The number of carbonyl (C=O) groups excluding carboxylic acids is 2. The Kier molecular flexibility index (Phi) is 11.3. The summed E-state index contributed by atoms with van der Waals surface area (Å²) < 4.78 is 29.6. The SMILES string of the molecule is COC(=O)c1ccc(OC)c(O)c1.COCCCOc1cc(C(=O)OC)ccc1OC. The highest BCUT2D eigenvalue weighted by atomic mass is 16.5. The molecule has 0 saturated heterocycles. The Morgan fingerprint density at radius 3 is 1.77 bits per heavy atom. The van der Waals surface area contributed by atoms with E-state index in [4.69, 9.17) is 18.9 Å². The molecule has 2 aromatic rings. The van der Waals surface area contributed by atoms with E-state index < -0.39 is 11.9 Å². The van der Waals surface area contributed by atoms with Gasteiger partial charge in [0.25, 0.3) is 0 Å². The zero-order valence-electron chi connectivity index (χ0n) is 18.3. The molecule has 170 valence electrons. The van der Waals surface area contributed by atoms with Crippen molar-refractivity contribution in [2.45, 2.75) is 6.42 Å². The van der Waals surface area contributed by atoms with Crippen molar-refractivity contribution >= 4 is 11.9 Å². The maximum absolute atomic E-state index is 11.4. The Morgan fingerprint density at radius 1 is 0.742 bits per heavy atom. The first-order valence-electron chi connectivity index (χ1n) is 9.25. The normalized spacial score (nSPS) is 9.71. The van der Waals surface area contributed by atoms with Crippen molar-refractivity contribution in [2.24, 2.45) is 0 Å². The molecule has 9 nitrogen and oxygen atoms in total. The van der Waals surface area contributed by atoms with Crippen LogP contribution in [0.1, 0.15) is 27.1 Å². The number of ether oxygens (including phenoxy) is 6. The lowest BCUT2D eigenvalue weighted by Crippen LogP contribution is -2.05. The van der Waals surface area contributed by atoms with Crippen LogP contribution in [-0.2, 0) is 14.2 Å². The number of benzene rings is 2. The molecular weight excluding hydrogens is 408 g/mol. The first-order chi connectivity index (χ1) is 14.9. The van der Waals surface area contributed by atoms with Crippen LogP contribution in [0.5, 0.6) is 23.0 Å². The Bertz CT molecular complexity index is 849. The summed E-state index contributed by atoms with van der Waals surface area (Å²) in [6, 6.07) is 9.23. The van der Waals surface area contributed by atoms with Crippen molar-refractivity contribution in [2.75, 3.05) is 48.8 Å². The lowest BCUT2D eigenvalue weighted by molar-refractivity contribution is 0.0591. The summed E-state index contributed by atoms with van der Waals surface area (Å²) in [6.45, 7) is 1.12. The minimum atomic E-state index is -0.488. The first kappa shape index (κ1) is 25.6. The number of hydrogen-bond acceptors (Lipinski definition) is 9. The highest BCUT2D eigenvalue weighted by Gasteiger charge is 2.11. The number of aromatic hydroxyl groups is 1. The van der Waals surface area contributed by atoms with E-state index in [-0.39, 0.29) is 5.75 Å². The lowest BCUT2D eigenvalue weighted by Gasteiger charge is -2.11. The van der Waals surface area contributed by atoms with Crippen LogP contribution in [0.2, 0.25) is 0 Å². The van der Waals surface area contributed by atoms with Gasteiger partial charge in [0, 0.05) is 20.1 Å². The van der Waals surface area contributed by atoms with E-state index >= 15 is 0 Å². The summed E-state index contributed by atoms with van der Waals surface area (Å²) in [6.07, 6.45) is 0.766.